The predicted molar refractivity (Wildman–Crippen MR) is 84.4 cm³/mol. The molecule has 0 unspecified atom stereocenters. The molecule has 0 radical (unpaired) electrons. The van der Waals surface area contributed by atoms with Crippen LogP contribution in [0.2, 0.25) is 0 Å². The normalized spacial score (nSPS) is 15.4. The number of aliphatic hydroxyl groups excluding tert-OH is 1. The lowest BCUT2D eigenvalue weighted by Crippen LogP contribution is -2.34. The van der Waals surface area contributed by atoms with Crippen molar-refractivity contribution >= 4 is 0 Å². The number of hydrogen-bond acceptors (Lipinski definition) is 5. The summed E-state index contributed by atoms with van der Waals surface area (Å²) in [5, 5.41) is 14.7. The highest BCUT2D eigenvalue weighted by atomic mass is 19.4. The molecule has 1 aliphatic rings. The molecule has 2 heterocycles. The molecule has 134 valence electrons. The fraction of sp³-hybridized carbons (Fsp3) is 0.562. The summed E-state index contributed by atoms with van der Waals surface area (Å²) in [4.78, 5) is 3.58. The number of piperidine rings is 1. The van der Waals surface area contributed by atoms with E-state index in [1.165, 1.54) is 6.07 Å². The fourth-order valence-corrected chi connectivity index (χ4v) is 2.26. The topological polar surface area (TPSA) is 66.4 Å². The van der Waals surface area contributed by atoms with Gasteiger partial charge in [-0.25, -0.2) is 4.98 Å². The van der Waals surface area contributed by atoms with Crippen LogP contribution < -0.4 is 15.4 Å². The molecule has 1 aromatic rings. The minimum Gasteiger partial charge on any atom is -0.474 e. The van der Waals surface area contributed by atoms with E-state index >= 15 is 0 Å². The lowest BCUT2D eigenvalue weighted by molar-refractivity contribution is -0.141. The van der Waals surface area contributed by atoms with Crippen molar-refractivity contribution in [2.24, 2.45) is 0 Å². The van der Waals surface area contributed by atoms with E-state index in [1.807, 2.05) is 0 Å². The van der Waals surface area contributed by atoms with Crippen LogP contribution in [-0.4, -0.2) is 42.4 Å². The Balaban J connectivity index is 0.00000139. The molecular weight excluding hydrogens is 323 g/mol. The molecule has 5 nitrogen and oxygen atoms in total. The first kappa shape index (κ1) is 20.2. The Morgan fingerprint density at radius 3 is 2.54 bits per heavy atom. The molecule has 0 saturated carbocycles. The number of nitrogens with zero attached hydrogens (tertiary/aromatic N) is 1. The molecule has 0 amide bonds. The highest BCUT2D eigenvalue weighted by molar-refractivity contribution is 5.27. The van der Waals surface area contributed by atoms with Crippen molar-refractivity contribution in [3.05, 3.63) is 23.4 Å². The number of aliphatic hydroxyl groups is 1. The van der Waals surface area contributed by atoms with E-state index in [4.69, 9.17) is 9.84 Å². The van der Waals surface area contributed by atoms with Crippen LogP contribution in [0.4, 0.5) is 13.2 Å². The molecule has 1 aromatic heterocycles. The van der Waals surface area contributed by atoms with Crippen LogP contribution in [0.5, 0.6) is 5.88 Å². The molecule has 8 heteroatoms. The van der Waals surface area contributed by atoms with Crippen LogP contribution in [0, 0.1) is 12.8 Å². The number of aromatic nitrogens is 1. The Morgan fingerprint density at radius 1 is 1.29 bits per heavy atom. The van der Waals surface area contributed by atoms with Crippen molar-refractivity contribution in [2.75, 3.05) is 26.2 Å². The monoisotopic (exact) mass is 345 g/mol. The number of rotatable bonds is 6. The van der Waals surface area contributed by atoms with Crippen molar-refractivity contribution in [3.8, 4) is 18.7 Å². The van der Waals surface area contributed by atoms with E-state index in [2.05, 4.69) is 28.5 Å². The summed E-state index contributed by atoms with van der Waals surface area (Å²) in [5.41, 5.74) is -0.528. The van der Waals surface area contributed by atoms with Gasteiger partial charge in [0.05, 0.1) is 6.61 Å². The second-order valence-electron chi connectivity index (χ2n) is 5.16. The molecule has 24 heavy (non-hydrogen) atoms. The summed E-state index contributed by atoms with van der Waals surface area (Å²) in [6.07, 6.45) is 4.86. The Kier molecular flexibility index (Phi) is 8.54. The average Bonchev–Trinajstić information content (AvgIpc) is 2.57. The van der Waals surface area contributed by atoms with Crippen LogP contribution in [0.15, 0.2) is 12.1 Å². The van der Waals surface area contributed by atoms with E-state index in [0.717, 1.165) is 32.0 Å². The van der Waals surface area contributed by atoms with E-state index in [0.29, 0.717) is 12.1 Å². The van der Waals surface area contributed by atoms with Gasteiger partial charge >= 0.3 is 6.18 Å². The third-order valence-electron chi connectivity index (χ3n) is 3.34. The van der Waals surface area contributed by atoms with Gasteiger partial charge in [0.25, 0.3) is 0 Å². The Hall–Kier alpha value is -1.82. The Labute approximate surface area is 139 Å². The molecule has 0 aromatic carbocycles. The van der Waals surface area contributed by atoms with Crippen molar-refractivity contribution < 1.29 is 23.0 Å². The lowest BCUT2D eigenvalue weighted by atomic mass is 10.1. The SMILES string of the molecule is C#C.OCCNCc1cc(OC2CCNCC2)nc(C(F)(F)F)c1. The molecule has 1 aliphatic heterocycles. The van der Waals surface area contributed by atoms with Crippen LogP contribution in [-0.2, 0) is 12.7 Å². The van der Waals surface area contributed by atoms with Gasteiger partial charge in [-0.1, -0.05) is 0 Å². The van der Waals surface area contributed by atoms with Gasteiger partial charge in [0.1, 0.15) is 11.8 Å². The molecule has 3 N–H and O–H groups in total. The Morgan fingerprint density at radius 2 is 1.96 bits per heavy atom. The molecule has 2 rings (SSSR count). The lowest BCUT2D eigenvalue weighted by Gasteiger charge is -2.24. The highest BCUT2D eigenvalue weighted by Gasteiger charge is 2.33. The van der Waals surface area contributed by atoms with Gasteiger partial charge in [-0.05, 0) is 37.6 Å². The summed E-state index contributed by atoms with van der Waals surface area (Å²) in [7, 11) is 0. The highest BCUT2D eigenvalue weighted by Crippen LogP contribution is 2.30. The van der Waals surface area contributed by atoms with Gasteiger partial charge in [0, 0.05) is 19.2 Å². The number of terminal acetylenes is 1. The zero-order chi connectivity index (χ0) is 18.0. The predicted octanol–water partition coefficient (Wildman–Crippen LogP) is 1.56. The standard InChI is InChI=1S/C14H20F3N3O2.C2H2/c15-14(16,17)12-7-10(9-19-5-6-21)8-13(20-12)22-11-1-3-18-4-2-11;1-2/h7-8,11,18-19,21H,1-6,9H2;1-2H. The van der Waals surface area contributed by atoms with Crippen LogP contribution in [0.3, 0.4) is 0 Å². The molecular formula is C16H22F3N3O2. The molecule has 1 fully saturated rings. The summed E-state index contributed by atoms with van der Waals surface area (Å²) >= 11 is 0. The zero-order valence-corrected chi connectivity index (χ0v) is 13.3. The number of nitrogens with one attached hydrogen (secondary N) is 2. The number of halogens is 3. The van der Waals surface area contributed by atoms with E-state index in [-0.39, 0.29) is 25.1 Å². The largest absolute Gasteiger partial charge is 0.474 e. The van der Waals surface area contributed by atoms with Crippen LogP contribution >= 0.6 is 0 Å². The number of pyridine rings is 1. The van der Waals surface area contributed by atoms with Gasteiger partial charge in [-0.2, -0.15) is 13.2 Å². The Bertz CT molecular complexity index is 515. The summed E-state index contributed by atoms with van der Waals surface area (Å²) in [5.74, 6) is 0.00234. The molecule has 0 atom stereocenters. The fourth-order valence-electron chi connectivity index (χ4n) is 2.26. The second-order valence-corrected chi connectivity index (χ2v) is 5.16. The smallest absolute Gasteiger partial charge is 0.433 e. The molecule has 0 aliphatic carbocycles. The minimum atomic E-state index is -4.51. The van der Waals surface area contributed by atoms with Crippen LogP contribution in [0.1, 0.15) is 24.1 Å². The zero-order valence-electron chi connectivity index (χ0n) is 13.3. The first-order valence-corrected chi connectivity index (χ1v) is 7.59. The maximum atomic E-state index is 12.9. The van der Waals surface area contributed by atoms with Gasteiger partial charge in [-0.15, -0.1) is 12.8 Å². The molecule has 0 spiro atoms. The van der Waals surface area contributed by atoms with Crippen molar-refractivity contribution in [3.63, 3.8) is 0 Å². The average molecular weight is 345 g/mol. The summed E-state index contributed by atoms with van der Waals surface area (Å²) in [6.45, 7) is 2.03. The van der Waals surface area contributed by atoms with Crippen LogP contribution in [0.25, 0.3) is 0 Å². The first-order chi connectivity index (χ1) is 11.5. The number of ether oxygens (including phenoxy) is 1. The van der Waals surface area contributed by atoms with Crippen molar-refractivity contribution in [1.82, 2.24) is 15.6 Å². The van der Waals surface area contributed by atoms with E-state index in [9.17, 15) is 13.2 Å². The quantitative estimate of drug-likeness (QED) is 0.539. The van der Waals surface area contributed by atoms with Gasteiger partial charge in [0.2, 0.25) is 5.88 Å². The molecule has 1 saturated heterocycles. The van der Waals surface area contributed by atoms with Gasteiger partial charge in [-0.3, -0.25) is 0 Å². The van der Waals surface area contributed by atoms with Crippen molar-refractivity contribution in [2.45, 2.75) is 31.7 Å². The number of alkyl halides is 3. The minimum absolute atomic E-state index is 0.00234. The first-order valence-electron chi connectivity index (χ1n) is 7.59. The third-order valence-corrected chi connectivity index (χ3v) is 3.34. The molecule has 0 bridgehead atoms. The maximum absolute atomic E-state index is 12.9. The van der Waals surface area contributed by atoms with Crippen molar-refractivity contribution in [1.29, 1.82) is 0 Å². The van der Waals surface area contributed by atoms with E-state index < -0.39 is 11.9 Å². The summed E-state index contributed by atoms with van der Waals surface area (Å²) < 4.78 is 44.4. The summed E-state index contributed by atoms with van der Waals surface area (Å²) in [6, 6.07) is 2.52. The van der Waals surface area contributed by atoms with Gasteiger partial charge < -0.3 is 20.5 Å². The number of hydrogen-bond donors (Lipinski definition) is 3. The van der Waals surface area contributed by atoms with Gasteiger partial charge in [0.15, 0.2) is 0 Å². The maximum Gasteiger partial charge on any atom is 0.433 e. The van der Waals surface area contributed by atoms with E-state index in [1.54, 1.807) is 0 Å². The second kappa shape index (κ2) is 10.1. The third kappa shape index (κ3) is 6.74.